The van der Waals surface area contributed by atoms with E-state index in [9.17, 15) is 35.9 Å². The lowest BCUT2D eigenvalue weighted by atomic mass is 9.78. The molecular weight excluding hydrogens is 913 g/mol. The average molecular weight is 952 g/mol. The molecule has 6 rings (SSSR count). The van der Waals surface area contributed by atoms with E-state index >= 15 is 0 Å². The van der Waals surface area contributed by atoms with E-state index in [2.05, 4.69) is 57.4 Å². The zero-order valence-corrected chi connectivity index (χ0v) is 35.9. The first kappa shape index (κ1) is 46.8. The van der Waals surface area contributed by atoms with Gasteiger partial charge >= 0.3 is 19.5 Å². The van der Waals surface area contributed by atoms with Gasteiger partial charge < -0.3 is 25.7 Å². The van der Waals surface area contributed by atoms with Gasteiger partial charge in [0.1, 0.15) is 0 Å². The standard InChI is InChI=1S/C20H22BF3N2O3.C14H10BrF3N2O.C6H7BrN2/c1-12-16(21-28-18(2,3)19(4,5)29-21)10-15(11-25-12)26-17(27)13-7-6-8-14(9-13)20(22,23)24;1-8-12(15)6-11(7-19-8)20-13(21)9-3-2-4-10(5-9)14(16,17)18;1-4-6(7)2-5(8)3-9-4/h6-11H,1-5H3,(H,26,27);2-7H,1H3,(H,20,21);2-3H,8H2,1H3. The van der Waals surface area contributed by atoms with Crippen LogP contribution >= 0.6 is 31.9 Å². The van der Waals surface area contributed by atoms with E-state index in [1.807, 2.05) is 40.7 Å². The first-order chi connectivity index (χ1) is 27.3. The summed E-state index contributed by atoms with van der Waals surface area (Å²) in [6.07, 6.45) is -4.49. The number of hydrogen-bond acceptors (Lipinski definition) is 8. The van der Waals surface area contributed by atoms with Crippen molar-refractivity contribution in [2.75, 3.05) is 16.4 Å². The largest absolute Gasteiger partial charge is 0.496 e. The fourth-order valence-corrected chi connectivity index (χ4v) is 5.72. The molecule has 312 valence electrons. The molecule has 4 N–H and O–H groups in total. The van der Waals surface area contributed by atoms with Crippen LogP contribution in [0.4, 0.5) is 43.4 Å². The van der Waals surface area contributed by atoms with Crippen molar-refractivity contribution < 1.29 is 45.2 Å². The van der Waals surface area contributed by atoms with Crippen LogP contribution in [0.1, 0.15) is 76.6 Å². The molecular formula is C40H39BBr2F6N6O4. The molecule has 1 aliphatic rings. The molecule has 0 saturated carbocycles. The number of rotatable bonds is 5. The average Bonchev–Trinajstić information content (AvgIpc) is 3.37. The number of carbonyl (C=O) groups is 2. The molecule has 0 spiro atoms. The monoisotopic (exact) mass is 950 g/mol. The van der Waals surface area contributed by atoms with Crippen molar-refractivity contribution in [2.45, 2.75) is 72.0 Å². The molecule has 0 aliphatic carbocycles. The number of nitrogens with two attached hydrogens (primary N) is 1. The molecule has 2 aromatic carbocycles. The fourth-order valence-electron chi connectivity index (χ4n) is 5.00. The van der Waals surface area contributed by atoms with E-state index in [0.29, 0.717) is 32.7 Å². The SMILES string of the molecule is Cc1ncc(N)cc1Br.Cc1ncc(NC(=O)c2cccc(C(F)(F)F)c2)cc1B1OC(C)(C)C(C)(C)O1.Cc1ncc(NC(=O)c2cccc(C(F)(F)F)c2)cc1Br. The number of nitrogens with one attached hydrogen (secondary N) is 2. The van der Waals surface area contributed by atoms with Gasteiger partial charge in [-0.2, -0.15) is 26.3 Å². The van der Waals surface area contributed by atoms with Crippen molar-refractivity contribution in [3.05, 3.63) is 134 Å². The van der Waals surface area contributed by atoms with Crippen LogP contribution in [0.15, 0.2) is 94.3 Å². The van der Waals surface area contributed by atoms with Crippen LogP contribution in [0.5, 0.6) is 0 Å². The Morgan fingerprint density at radius 3 is 1.46 bits per heavy atom. The van der Waals surface area contributed by atoms with Gasteiger partial charge in [0.15, 0.2) is 0 Å². The Morgan fingerprint density at radius 2 is 1.05 bits per heavy atom. The highest BCUT2D eigenvalue weighted by Crippen LogP contribution is 2.37. The number of pyridine rings is 3. The lowest BCUT2D eigenvalue weighted by molar-refractivity contribution is -0.138. The maximum atomic E-state index is 12.9. The molecule has 3 aromatic heterocycles. The van der Waals surface area contributed by atoms with Gasteiger partial charge in [0, 0.05) is 31.2 Å². The van der Waals surface area contributed by atoms with E-state index in [4.69, 9.17) is 15.0 Å². The number of alkyl halides is 6. The molecule has 4 heterocycles. The van der Waals surface area contributed by atoms with Gasteiger partial charge in [-0.15, -0.1) is 0 Å². The zero-order chi connectivity index (χ0) is 44.1. The third-order valence-electron chi connectivity index (χ3n) is 9.12. The van der Waals surface area contributed by atoms with E-state index in [0.717, 1.165) is 40.1 Å². The Labute approximate surface area is 354 Å². The van der Waals surface area contributed by atoms with Crippen LogP contribution in [0.25, 0.3) is 0 Å². The smallest absolute Gasteiger partial charge is 0.399 e. The number of halogens is 8. The molecule has 59 heavy (non-hydrogen) atoms. The molecule has 1 aliphatic heterocycles. The summed E-state index contributed by atoms with van der Waals surface area (Å²) < 4.78 is 90.2. The number of aromatic nitrogens is 3. The van der Waals surface area contributed by atoms with Crippen LogP contribution in [0, 0.1) is 20.8 Å². The second kappa shape index (κ2) is 18.6. The van der Waals surface area contributed by atoms with Gasteiger partial charge in [-0.25, -0.2) is 0 Å². The second-order valence-corrected chi connectivity index (χ2v) is 15.9. The lowest BCUT2D eigenvalue weighted by Gasteiger charge is -2.32. The number of carbonyl (C=O) groups excluding carboxylic acids is 2. The van der Waals surface area contributed by atoms with Crippen LogP contribution in [-0.4, -0.2) is 45.1 Å². The summed E-state index contributed by atoms with van der Waals surface area (Å²) in [6.45, 7) is 13.2. The summed E-state index contributed by atoms with van der Waals surface area (Å²) >= 11 is 6.57. The Bertz CT molecular complexity index is 2310. The third-order valence-corrected chi connectivity index (χ3v) is 10.7. The molecule has 19 heteroatoms. The predicted octanol–water partition coefficient (Wildman–Crippen LogP) is 10.1. The van der Waals surface area contributed by atoms with E-state index in [1.165, 1.54) is 36.7 Å². The number of benzene rings is 2. The van der Waals surface area contributed by atoms with Crippen molar-refractivity contribution in [3.8, 4) is 0 Å². The first-order valence-electron chi connectivity index (χ1n) is 17.6. The van der Waals surface area contributed by atoms with Gasteiger partial charge in [0.2, 0.25) is 0 Å². The Balaban J connectivity index is 0.000000222. The summed E-state index contributed by atoms with van der Waals surface area (Å²) in [5.41, 5.74) is 6.88. The van der Waals surface area contributed by atoms with Crippen molar-refractivity contribution >= 4 is 73.3 Å². The Hall–Kier alpha value is -4.85. The molecule has 5 aromatic rings. The quantitative estimate of drug-likeness (QED) is 0.117. The highest BCUT2D eigenvalue weighted by molar-refractivity contribution is 9.10. The highest BCUT2D eigenvalue weighted by atomic mass is 79.9. The van der Waals surface area contributed by atoms with Gasteiger partial charge in [-0.05, 0) is 135 Å². The number of aryl methyl sites for hydroxylation is 3. The number of amides is 2. The predicted molar refractivity (Wildman–Crippen MR) is 221 cm³/mol. The van der Waals surface area contributed by atoms with Gasteiger partial charge in [0.05, 0.1) is 69.4 Å². The topological polar surface area (TPSA) is 141 Å². The molecule has 0 radical (unpaired) electrons. The Morgan fingerprint density at radius 1 is 0.644 bits per heavy atom. The first-order valence-corrected chi connectivity index (χ1v) is 19.1. The molecule has 0 bridgehead atoms. The molecule has 1 fully saturated rings. The maximum Gasteiger partial charge on any atom is 0.496 e. The molecule has 2 amide bonds. The van der Waals surface area contributed by atoms with Crippen molar-refractivity contribution in [2.24, 2.45) is 0 Å². The van der Waals surface area contributed by atoms with E-state index < -0.39 is 53.6 Å². The van der Waals surface area contributed by atoms with Crippen molar-refractivity contribution in [3.63, 3.8) is 0 Å². The van der Waals surface area contributed by atoms with Gasteiger partial charge in [0.25, 0.3) is 11.8 Å². The third kappa shape index (κ3) is 12.6. The second-order valence-electron chi connectivity index (χ2n) is 14.2. The number of nitrogen functional groups attached to an aromatic ring is 1. The van der Waals surface area contributed by atoms with Crippen LogP contribution < -0.4 is 21.8 Å². The maximum absolute atomic E-state index is 12.9. The van der Waals surface area contributed by atoms with E-state index in [-0.39, 0.29) is 11.1 Å². The van der Waals surface area contributed by atoms with Crippen LogP contribution in [-0.2, 0) is 21.7 Å². The lowest BCUT2D eigenvalue weighted by Crippen LogP contribution is -2.41. The van der Waals surface area contributed by atoms with Crippen molar-refractivity contribution in [1.29, 1.82) is 0 Å². The van der Waals surface area contributed by atoms with Gasteiger partial charge in [-0.1, -0.05) is 12.1 Å². The summed E-state index contributed by atoms with van der Waals surface area (Å²) in [6, 6.07) is 13.6. The zero-order valence-electron chi connectivity index (χ0n) is 32.7. The normalized spacial score (nSPS) is 14.3. The summed E-state index contributed by atoms with van der Waals surface area (Å²) in [5.74, 6) is -1.29. The summed E-state index contributed by atoms with van der Waals surface area (Å²) in [4.78, 5) is 36.7. The summed E-state index contributed by atoms with van der Waals surface area (Å²) in [7, 11) is -0.669. The minimum atomic E-state index is -4.52. The number of hydrogen-bond donors (Lipinski definition) is 3. The van der Waals surface area contributed by atoms with Crippen LogP contribution in [0.2, 0.25) is 0 Å². The number of anilines is 3. The Kier molecular flexibility index (Phi) is 14.8. The van der Waals surface area contributed by atoms with Crippen molar-refractivity contribution in [1.82, 2.24) is 15.0 Å². The number of nitrogens with zero attached hydrogens (tertiary/aromatic N) is 3. The van der Waals surface area contributed by atoms with Gasteiger partial charge in [-0.3, -0.25) is 24.5 Å². The fraction of sp³-hybridized carbons (Fsp3) is 0.275. The minimum Gasteiger partial charge on any atom is -0.399 e. The molecule has 10 nitrogen and oxygen atoms in total. The molecule has 0 atom stereocenters. The summed E-state index contributed by atoms with van der Waals surface area (Å²) in [5, 5.41) is 5.10. The van der Waals surface area contributed by atoms with Crippen LogP contribution in [0.3, 0.4) is 0 Å². The minimum absolute atomic E-state index is 0.0680. The van der Waals surface area contributed by atoms with E-state index in [1.54, 1.807) is 32.2 Å². The highest BCUT2D eigenvalue weighted by Gasteiger charge is 2.52. The molecule has 0 unspecified atom stereocenters. The molecule has 1 saturated heterocycles.